The molecule has 3 nitrogen and oxygen atoms in total. The first kappa shape index (κ1) is 13.1. The Morgan fingerprint density at radius 3 is 2.68 bits per heavy atom. The molecule has 1 amide bonds. The Morgan fingerprint density at radius 1 is 1.32 bits per heavy atom. The van der Waals surface area contributed by atoms with Gasteiger partial charge in [0.25, 0.3) is 0 Å². The lowest BCUT2D eigenvalue weighted by Crippen LogP contribution is -2.50. The highest BCUT2D eigenvalue weighted by Crippen LogP contribution is 2.41. The number of hydrogen-bond donors (Lipinski definition) is 1. The molecule has 2 unspecified atom stereocenters. The Balaban J connectivity index is 2.00. The zero-order valence-corrected chi connectivity index (χ0v) is 12.9. The van der Waals surface area contributed by atoms with Crippen LogP contribution in [0.25, 0.3) is 0 Å². The van der Waals surface area contributed by atoms with Crippen molar-refractivity contribution < 1.29 is 4.79 Å². The van der Waals surface area contributed by atoms with E-state index in [4.69, 9.17) is 0 Å². The predicted octanol–water partition coefficient (Wildman–Crippen LogP) is 2.94. The molecule has 2 heterocycles. The number of nitrogens with zero attached hydrogens (tertiary/aromatic N) is 1. The Morgan fingerprint density at radius 2 is 2.00 bits per heavy atom. The monoisotopic (exact) mass is 322 g/mol. The average molecular weight is 323 g/mol. The van der Waals surface area contributed by atoms with E-state index in [0.717, 1.165) is 29.5 Å². The molecule has 1 N–H and O–H groups in total. The van der Waals surface area contributed by atoms with Crippen LogP contribution in [0.5, 0.6) is 0 Å². The SMILES string of the molecule is CC1(C)C(=O)N(c2ccc(Br)cc2)C2CCCNC21. The number of fused-ring (bicyclic) bond motifs is 1. The van der Waals surface area contributed by atoms with E-state index in [1.807, 2.05) is 29.2 Å². The van der Waals surface area contributed by atoms with E-state index in [9.17, 15) is 4.79 Å². The van der Waals surface area contributed by atoms with Gasteiger partial charge >= 0.3 is 0 Å². The summed E-state index contributed by atoms with van der Waals surface area (Å²) in [5, 5.41) is 3.54. The molecule has 3 rings (SSSR count). The Labute approximate surface area is 122 Å². The van der Waals surface area contributed by atoms with Gasteiger partial charge in [-0.25, -0.2) is 0 Å². The summed E-state index contributed by atoms with van der Waals surface area (Å²) in [5.41, 5.74) is 0.690. The van der Waals surface area contributed by atoms with E-state index >= 15 is 0 Å². The number of hydrogen-bond acceptors (Lipinski definition) is 2. The first-order valence-corrected chi connectivity index (χ1v) is 7.64. The van der Waals surface area contributed by atoms with Crippen molar-refractivity contribution in [3.05, 3.63) is 28.7 Å². The molecule has 0 aromatic heterocycles. The number of carbonyl (C=O) groups excluding carboxylic acids is 1. The number of piperidine rings is 1. The fourth-order valence-corrected chi connectivity index (χ4v) is 3.65. The molecule has 0 bridgehead atoms. The molecule has 19 heavy (non-hydrogen) atoms. The van der Waals surface area contributed by atoms with Gasteiger partial charge < -0.3 is 10.2 Å². The van der Waals surface area contributed by atoms with E-state index in [2.05, 4.69) is 35.1 Å². The summed E-state index contributed by atoms with van der Waals surface area (Å²) >= 11 is 3.44. The molecule has 0 spiro atoms. The molecule has 2 fully saturated rings. The molecule has 0 saturated carbocycles. The average Bonchev–Trinajstić information content (AvgIpc) is 2.60. The van der Waals surface area contributed by atoms with Crippen molar-refractivity contribution in [1.29, 1.82) is 0 Å². The van der Waals surface area contributed by atoms with Crippen LogP contribution in [0, 0.1) is 5.41 Å². The zero-order valence-electron chi connectivity index (χ0n) is 11.3. The minimum absolute atomic E-state index is 0.235. The molecule has 2 aliphatic heterocycles. The van der Waals surface area contributed by atoms with Crippen molar-refractivity contribution in [2.45, 2.75) is 38.8 Å². The van der Waals surface area contributed by atoms with Crippen LogP contribution in [0.2, 0.25) is 0 Å². The van der Waals surface area contributed by atoms with Gasteiger partial charge in [0.15, 0.2) is 0 Å². The molecule has 1 aromatic rings. The smallest absolute Gasteiger partial charge is 0.234 e. The highest BCUT2D eigenvalue weighted by atomic mass is 79.9. The van der Waals surface area contributed by atoms with Gasteiger partial charge in [0.1, 0.15) is 0 Å². The van der Waals surface area contributed by atoms with Crippen LogP contribution < -0.4 is 10.2 Å². The summed E-state index contributed by atoms with van der Waals surface area (Å²) in [6.45, 7) is 5.14. The van der Waals surface area contributed by atoms with Crippen LogP contribution in [0.15, 0.2) is 28.7 Å². The van der Waals surface area contributed by atoms with Crippen LogP contribution in [0.1, 0.15) is 26.7 Å². The topological polar surface area (TPSA) is 32.3 Å². The standard InChI is InChI=1S/C15H19BrN2O/c1-15(2)13-12(4-3-9-17-13)18(14(15)19)11-7-5-10(16)6-8-11/h5-8,12-13,17H,3-4,9H2,1-2H3. The van der Waals surface area contributed by atoms with Gasteiger partial charge in [-0.1, -0.05) is 15.9 Å². The van der Waals surface area contributed by atoms with E-state index in [1.54, 1.807) is 0 Å². The molecule has 0 aliphatic carbocycles. The maximum atomic E-state index is 12.8. The van der Waals surface area contributed by atoms with Gasteiger partial charge in [-0.3, -0.25) is 4.79 Å². The predicted molar refractivity (Wildman–Crippen MR) is 80.2 cm³/mol. The van der Waals surface area contributed by atoms with Gasteiger partial charge in [0.05, 0.1) is 11.5 Å². The van der Waals surface area contributed by atoms with Crippen molar-refractivity contribution in [3.8, 4) is 0 Å². The Hall–Kier alpha value is -0.870. The second kappa shape index (κ2) is 4.60. The summed E-state index contributed by atoms with van der Waals surface area (Å²) in [5.74, 6) is 0.235. The molecule has 2 saturated heterocycles. The van der Waals surface area contributed by atoms with Crippen LogP contribution in [0.4, 0.5) is 5.69 Å². The third-order valence-corrected chi connectivity index (χ3v) is 4.94. The lowest BCUT2D eigenvalue weighted by atomic mass is 9.81. The summed E-state index contributed by atoms with van der Waals surface area (Å²) in [4.78, 5) is 14.8. The summed E-state index contributed by atoms with van der Waals surface area (Å²) in [6, 6.07) is 8.59. The van der Waals surface area contributed by atoms with Crippen LogP contribution >= 0.6 is 15.9 Å². The Bertz CT molecular complexity index is 497. The second-order valence-corrected chi connectivity index (χ2v) is 6.93. The van der Waals surface area contributed by atoms with E-state index < -0.39 is 0 Å². The van der Waals surface area contributed by atoms with Crippen molar-refractivity contribution in [2.75, 3.05) is 11.4 Å². The molecule has 2 aliphatic rings. The molecule has 4 heteroatoms. The van der Waals surface area contributed by atoms with E-state index in [1.165, 1.54) is 0 Å². The number of rotatable bonds is 1. The maximum absolute atomic E-state index is 12.8. The van der Waals surface area contributed by atoms with Gasteiger partial charge in [0.2, 0.25) is 5.91 Å². The first-order chi connectivity index (χ1) is 9.01. The summed E-state index contributed by atoms with van der Waals surface area (Å²) < 4.78 is 1.04. The van der Waals surface area contributed by atoms with Crippen LogP contribution in [0.3, 0.4) is 0 Å². The summed E-state index contributed by atoms with van der Waals surface area (Å²) in [7, 11) is 0. The van der Waals surface area contributed by atoms with Gasteiger partial charge in [-0.15, -0.1) is 0 Å². The minimum atomic E-state index is -0.321. The van der Waals surface area contributed by atoms with Crippen molar-refractivity contribution >= 4 is 27.5 Å². The van der Waals surface area contributed by atoms with Crippen molar-refractivity contribution in [1.82, 2.24) is 5.32 Å². The quantitative estimate of drug-likeness (QED) is 0.862. The lowest BCUT2D eigenvalue weighted by molar-refractivity contribution is -0.124. The third-order valence-electron chi connectivity index (χ3n) is 4.41. The normalized spacial score (nSPS) is 29.4. The number of halogens is 1. The Kier molecular flexibility index (Phi) is 3.18. The molecular weight excluding hydrogens is 304 g/mol. The lowest BCUT2D eigenvalue weighted by Gasteiger charge is -2.34. The van der Waals surface area contributed by atoms with E-state index in [0.29, 0.717) is 0 Å². The zero-order chi connectivity index (χ0) is 13.6. The van der Waals surface area contributed by atoms with Crippen LogP contribution in [-0.4, -0.2) is 24.5 Å². The highest BCUT2D eigenvalue weighted by Gasteiger charge is 2.54. The third kappa shape index (κ3) is 2.01. The summed E-state index contributed by atoms with van der Waals surface area (Å²) in [6.07, 6.45) is 2.22. The minimum Gasteiger partial charge on any atom is -0.311 e. The largest absolute Gasteiger partial charge is 0.311 e. The molecular formula is C15H19BrN2O. The highest BCUT2D eigenvalue weighted by molar-refractivity contribution is 9.10. The van der Waals surface area contributed by atoms with Gasteiger partial charge in [-0.05, 0) is 57.5 Å². The maximum Gasteiger partial charge on any atom is 0.234 e. The van der Waals surface area contributed by atoms with E-state index in [-0.39, 0.29) is 23.4 Å². The number of nitrogens with one attached hydrogen (secondary N) is 1. The molecule has 1 aromatic carbocycles. The number of carbonyl (C=O) groups is 1. The number of benzene rings is 1. The fourth-order valence-electron chi connectivity index (χ4n) is 3.39. The van der Waals surface area contributed by atoms with Crippen molar-refractivity contribution in [2.24, 2.45) is 5.41 Å². The number of anilines is 1. The van der Waals surface area contributed by atoms with Gasteiger partial charge in [-0.2, -0.15) is 0 Å². The molecule has 102 valence electrons. The molecule has 0 radical (unpaired) electrons. The fraction of sp³-hybridized carbons (Fsp3) is 0.533. The molecule has 2 atom stereocenters. The second-order valence-electron chi connectivity index (χ2n) is 6.01. The van der Waals surface area contributed by atoms with Crippen LogP contribution in [-0.2, 0) is 4.79 Å². The van der Waals surface area contributed by atoms with Crippen molar-refractivity contribution in [3.63, 3.8) is 0 Å². The first-order valence-electron chi connectivity index (χ1n) is 6.84. The number of amides is 1. The van der Waals surface area contributed by atoms with Gasteiger partial charge in [0, 0.05) is 16.2 Å².